The van der Waals surface area contributed by atoms with Gasteiger partial charge in [0.25, 0.3) is 5.69 Å². The maximum atomic E-state index is 10.7. The van der Waals surface area contributed by atoms with Gasteiger partial charge in [-0.1, -0.05) is 0 Å². The molecule has 0 aromatic carbocycles. The van der Waals surface area contributed by atoms with E-state index in [9.17, 15) is 10.1 Å². The molecule has 2 bridgehead atoms. The van der Waals surface area contributed by atoms with Crippen LogP contribution < -0.4 is 10.2 Å². The van der Waals surface area contributed by atoms with Gasteiger partial charge in [-0.2, -0.15) is 0 Å². The Hall–Kier alpha value is -1.21. The van der Waals surface area contributed by atoms with E-state index in [1.807, 2.05) is 0 Å². The van der Waals surface area contributed by atoms with Crippen LogP contribution in [0.15, 0.2) is 16.7 Å². The number of rotatable bonds is 2. The van der Waals surface area contributed by atoms with Crippen molar-refractivity contribution in [2.75, 3.05) is 18.0 Å². The normalized spacial score (nSPS) is 26.3. The number of hydrogen-bond acceptors (Lipinski definition) is 5. The number of nitrogens with one attached hydrogen (secondary N) is 1. The third kappa shape index (κ3) is 2.57. The van der Waals surface area contributed by atoms with Gasteiger partial charge in [-0.05, 0) is 35.2 Å². The zero-order valence-corrected chi connectivity index (χ0v) is 12.0. The van der Waals surface area contributed by atoms with Crippen molar-refractivity contribution in [1.82, 2.24) is 10.3 Å². The summed E-state index contributed by atoms with van der Waals surface area (Å²) in [6, 6.07) is 2.65. The average Bonchev–Trinajstić information content (AvgIpc) is 2.70. The molecule has 7 heteroatoms. The molecule has 19 heavy (non-hydrogen) atoms. The minimum atomic E-state index is -0.423. The van der Waals surface area contributed by atoms with Crippen LogP contribution in [0.25, 0.3) is 0 Å². The summed E-state index contributed by atoms with van der Waals surface area (Å²) in [5.41, 5.74) is 0.0186. The molecule has 0 aliphatic carbocycles. The molecule has 1 N–H and O–H groups in total. The van der Waals surface area contributed by atoms with Crippen LogP contribution in [-0.4, -0.2) is 35.1 Å². The molecule has 0 saturated carbocycles. The molecule has 0 radical (unpaired) electrons. The first-order valence-electron chi connectivity index (χ1n) is 6.44. The van der Waals surface area contributed by atoms with Crippen LogP contribution >= 0.6 is 15.9 Å². The van der Waals surface area contributed by atoms with Gasteiger partial charge in [0, 0.05) is 31.2 Å². The SMILES string of the molecule is O=[N+]([O-])c1cnc(N2CCC3CCC(C2)N3)c(Br)c1. The fraction of sp³-hybridized carbons (Fsp3) is 0.583. The summed E-state index contributed by atoms with van der Waals surface area (Å²) in [5, 5.41) is 14.3. The zero-order chi connectivity index (χ0) is 13.4. The summed E-state index contributed by atoms with van der Waals surface area (Å²) in [7, 11) is 0. The summed E-state index contributed by atoms with van der Waals surface area (Å²) in [5.74, 6) is 0.806. The molecule has 1 aromatic heterocycles. The topological polar surface area (TPSA) is 71.3 Å². The molecule has 2 unspecified atom stereocenters. The van der Waals surface area contributed by atoms with E-state index in [4.69, 9.17) is 0 Å². The Kier molecular flexibility index (Phi) is 3.40. The van der Waals surface area contributed by atoms with E-state index < -0.39 is 4.92 Å². The van der Waals surface area contributed by atoms with Crippen molar-refractivity contribution >= 4 is 27.4 Å². The van der Waals surface area contributed by atoms with E-state index in [1.165, 1.54) is 25.1 Å². The van der Waals surface area contributed by atoms with Crippen LogP contribution in [0.1, 0.15) is 19.3 Å². The minimum absolute atomic E-state index is 0.0186. The lowest BCUT2D eigenvalue weighted by Crippen LogP contribution is -2.35. The molecular weight excluding hydrogens is 312 g/mol. The maximum Gasteiger partial charge on any atom is 0.288 e. The fourth-order valence-electron chi connectivity index (χ4n) is 2.89. The van der Waals surface area contributed by atoms with Crippen LogP contribution in [0.2, 0.25) is 0 Å². The van der Waals surface area contributed by atoms with Crippen molar-refractivity contribution in [2.24, 2.45) is 0 Å². The number of nitrogens with zero attached hydrogens (tertiary/aromatic N) is 3. The number of hydrogen-bond donors (Lipinski definition) is 1. The smallest absolute Gasteiger partial charge is 0.288 e. The van der Waals surface area contributed by atoms with Crippen LogP contribution in [0.4, 0.5) is 11.5 Å². The van der Waals surface area contributed by atoms with E-state index in [0.29, 0.717) is 16.6 Å². The quantitative estimate of drug-likeness (QED) is 0.665. The molecule has 102 valence electrons. The highest BCUT2D eigenvalue weighted by Crippen LogP contribution is 2.30. The van der Waals surface area contributed by atoms with Crippen LogP contribution in [0.3, 0.4) is 0 Å². The molecule has 2 saturated heterocycles. The van der Waals surface area contributed by atoms with Crippen molar-refractivity contribution in [3.8, 4) is 0 Å². The number of fused-ring (bicyclic) bond motifs is 2. The second kappa shape index (κ2) is 5.05. The van der Waals surface area contributed by atoms with Gasteiger partial charge < -0.3 is 10.2 Å². The minimum Gasteiger partial charge on any atom is -0.354 e. The van der Waals surface area contributed by atoms with Crippen molar-refractivity contribution < 1.29 is 4.92 Å². The maximum absolute atomic E-state index is 10.7. The Labute approximate surface area is 119 Å². The molecule has 3 heterocycles. The van der Waals surface area contributed by atoms with Gasteiger partial charge in [-0.3, -0.25) is 10.1 Å². The van der Waals surface area contributed by atoms with Gasteiger partial charge >= 0.3 is 0 Å². The molecule has 2 atom stereocenters. The highest BCUT2D eigenvalue weighted by Gasteiger charge is 2.30. The second-order valence-electron chi connectivity index (χ2n) is 5.13. The van der Waals surface area contributed by atoms with E-state index in [1.54, 1.807) is 0 Å². The molecule has 2 aliphatic heterocycles. The monoisotopic (exact) mass is 326 g/mol. The molecule has 0 amide bonds. The van der Waals surface area contributed by atoms with E-state index in [-0.39, 0.29) is 5.69 Å². The van der Waals surface area contributed by atoms with Gasteiger partial charge in [-0.25, -0.2) is 4.98 Å². The van der Waals surface area contributed by atoms with Crippen LogP contribution in [-0.2, 0) is 0 Å². The number of aromatic nitrogens is 1. The predicted octanol–water partition coefficient (Wildman–Crippen LogP) is 2.08. The van der Waals surface area contributed by atoms with Crippen LogP contribution in [0.5, 0.6) is 0 Å². The van der Waals surface area contributed by atoms with Crippen molar-refractivity contribution in [3.05, 3.63) is 26.9 Å². The number of pyridine rings is 1. The molecule has 2 aliphatic rings. The molecule has 0 spiro atoms. The van der Waals surface area contributed by atoms with Crippen molar-refractivity contribution in [2.45, 2.75) is 31.3 Å². The standard InChI is InChI=1S/C12H15BrN4O2/c13-11-5-10(17(18)19)6-14-12(11)16-4-3-8-1-2-9(7-16)15-8/h5-6,8-9,15H,1-4,7H2. The predicted molar refractivity (Wildman–Crippen MR) is 75.4 cm³/mol. The Bertz CT molecular complexity index is 511. The first-order chi connectivity index (χ1) is 9.13. The van der Waals surface area contributed by atoms with E-state index in [0.717, 1.165) is 25.3 Å². The van der Waals surface area contributed by atoms with Crippen molar-refractivity contribution in [3.63, 3.8) is 0 Å². The largest absolute Gasteiger partial charge is 0.354 e. The Morgan fingerprint density at radius 1 is 1.42 bits per heavy atom. The Morgan fingerprint density at radius 2 is 2.21 bits per heavy atom. The van der Waals surface area contributed by atoms with E-state index in [2.05, 4.69) is 31.1 Å². The Morgan fingerprint density at radius 3 is 2.95 bits per heavy atom. The number of nitro groups is 1. The lowest BCUT2D eigenvalue weighted by Gasteiger charge is -2.26. The Balaban J connectivity index is 1.83. The summed E-state index contributed by atoms with van der Waals surface area (Å²) < 4.78 is 0.694. The van der Waals surface area contributed by atoms with Gasteiger partial charge in [-0.15, -0.1) is 0 Å². The molecular formula is C12H15BrN4O2. The highest BCUT2D eigenvalue weighted by molar-refractivity contribution is 9.10. The van der Waals surface area contributed by atoms with Gasteiger partial charge in [0.15, 0.2) is 0 Å². The summed E-state index contributed by atoms with van der Waals surface area (Å²) in [6.07, 6.45) is 4.89. The zero-order valence-electron chi connectivity index (χ0n) is 10.4. The third-order valence-corrected chi connectivity index (χ3v) is 4.42. The molecule has 2 fully saturated rings. The second-order valence-corrected chi connectivity index (χ2v) is 5.98. The highest BCUT2D eigenvalue weighted by atomic mass is 79.9. The summed E-state index contributed by atoms with van der Waals surface area (Å²) in [6.45, 7) is 1.86. The van der Waals surface area contributed by atoms with Crippen LogP contribution in [0, 0.1) is 10.1 Å². The fourth-order valence-corrected chi connectivity index (χ4v) is 3.48. The number of anilines is 1. The molecule has 1 aromatic rings. The average molecular weight is 327 g/mol. The lowest BCUT2D eigenvalue weighted by atomic mass is 10.1. The lowest BCUT2D eigenvalue weighted by molar-refractivity contribution is -0.385. The van der Waals surface area contributed by atoms with Crippen molar-refractivity contribution in [1.29, 1.82) is 0 Å². The molecule has 3 rings (SSSR count). The summed E-state index contributed by atoms with van der Waals surface area (Å²) >= 11 is 3.40. The van der Waals surface area contributed by atoms with Gasteiger partial charge in [0.2, 0.25) is 0 Å². The first-order valence-corrected chi connectivity index (χ1v) is 7.23. The number of halogens is 1. The van der Waals surface area contributed by atoms with Gasteiger partial charge in [0.1, 0.15) is 12.0 Å². The third-order valence-electron chi connectivity index (χ3n) is 3.84. The first kappa shape index (κ1) is 12.8. The molecule has 6 nitrogen and oxygen atoms in total. The van der Waals surface area contributed by atoms with Gasteiger partial charge in [0.05, 0.1) is 9.40 Å². The summed E-state index contributed by atoms with van der Waals surface area (Å²) in [4.78, 5) is 16.8. The van der Waals surface area contributed by atoms with E-state index >= 15 is 0 Å².